The number of fused-ring (bicyclic) bond motifs is 1. The van der Waals surface area contributed by atoms with Crippen LogP contribution >= 0.6 is 24.0 Å². The highest BCUT2D eigenvalue weighted by atomic mass is 127. The third-order valence-corrected chi connectivity index (χ3v) is 5.14. The van der Waals surface area contributed by atoms with Gasteiger partial charge in [-0.1, -0.05) is 36.4 Å². The van der Waals surface area contributed by atoms with Gasteiger partial charge in [0.1, 0.15) is 5.65 Å². The van der Waals surface area contributed by atoms with Crippen LogP contribution in [-0.4, -0.2) is 40.4 Å². The molecule has 1 aromatic carbocycles. The van der Waals surface area contributed by atoms with Gasteiger partial charge in [-0.3, -0.25) is 4.99 Å². The lowest BCUT2D eigenvalue weighted by Crippen LogP contribution is -2.39. The summed E-state index contributed by atoms with van der Waals surface area (Å²) in [5.41, 5.74) is 4.62. The molecule has 6 heteroatoms. The Labute approximate surface area is 177 Å². The largest absolute Gasteiger partial charge is 0.351 e. The molecular weight excluding hydrogens is 449 g/mol. The maximum absolute atomic E-state index is 4.70. The quantitative estimate of drug-likeness (QED) is 0.356. The number of hydrogen-bond acceptors (Lipinski definition) is 2. The number of benzene rings is 1. The van der Waals surface area contributed by atoms with Crippen molar-refractivity contribution in [2.75, 3.05) is 20.1 Å². The predicted molar refractivity (Wildman–Crippen MR) is 121 cm³/mol. The molecule has 1 fully saturated rings. The molecule has 142 valence electrons. The monoisotopic (exact) mass is 475 g/mol. The van der Waals surface area contributed by atoms with Crippen LogP contribution in [0.25, 0.3) is 5.65 Å². The molecule has 3 aromatic rings. The van der Waals surface area contributed by atoms with Crippen molar-refractivity contribution in [1.82, 2.24) is 19.6 Å². The van der Waals surface area contributed by atoms with E-state index in [-0.39, 0.29) is 24.0 Å². The number of imidazole rings is 1. The van der Waals surface area contributed by atoms with E-state index in [0.29, 0.717) is 12.5 Å². The molecule has 2 aromatic heterocycles. The minimum Gasteiger partial charge on any atom is -0.351 e. The molecule has 1 N–H and O–H groups in total. The smallest absolute Gasteiger partial charge is 0.193 e. The highest BCUT2D eigenvalue weighted by molar-refractivity contribution is 14.0. The fraction of sp³-hybridized carbons (Fsp3) is 0.333. The van der Waals surface area contributed by atoms with Crippen LogP contribution in [0.3, 0.4) is 0 Å². The highest BCUT2D eigenvalue weighted by Gasteiger charge is 2.25. The van der Waals surface area contributed by atoms with E-state index in [4.69, 9.17) is 4.98 Å². The second-order valence-corrected chi connectivity index (χ2v) is 6.87. The lowest BCUT2D eigenvalue weighted by Gasteiger charge is -2.21. The summed E-state index contributed by atoms with van der Waals surface area (Å²) in [6.45, 7) is 4.82. The van der Waals surface area contributed by atoms with Gasteiger partial charge < -0.3 is 14.6 Å². The second kappa shape index (κ2) is 8.73. The van der Waals surface area contributed by atoms with Gasteiger partial charge in [-0.05, 0) is 31.0 Å². The van der Waals surface area contributed by atoms with Gasteiger partial charge >= 0.3 is 0 Å². The van der Waals surface area contributed by atoms with Crippen LogP contribution in [-0.2, 0) is 6.54 Å². The first-order valence-electron chi connectivity index (χ1n) is 9.19. The van der Waals surface area contributed by atoms with Crippen molar-refractivity contribution in [3.8, 4) is 0 Å². The number of pyridine rings is 1. The van der Waals surface area contributed by atoms with E-state index in [9.17, 15) is 0 Å². The molecule has 0 amide bonds. The first kappa shape index (κ1) is 19.7. The Balaban J connectivity index is 0.00000210. The van der Waals surface area contributed by atoms with Crippen LogP contribution < -0.4 is 5.32 Å². The Hall–Kier alpha value is -2.09. The molecular formula is C21H26IN5. The Bertz CT molecular complexity index is 919. The average Bonchev–Trinajstić information content (AvgIpc) is 3.31. The van der Waals surface area contributed by atoms with Crippen molar-refractivity contribution in [2.45, 2.75) is 25.8 Å². The van der Waals surface area contributed by atoms with Crippen molar-refractivity contribution in [1.29, 1.82) is 0 Å². The Morgan fingerprint density at radius 3 is 2.74 bits per heavy atom. The summed E-state index contributed by atoms with van der Waals surface area (Å²) < 4.78 is 2.13. The summed E-state index contributed by atoms with van der Waals surface area (Å²) in [4.78, 5) is 11.5. The number of aromatic nitrogens is 2. The number of nitrogens with one attached hydrogen (secondary N) is 1. The maximum Gasteiger partial charge on any atom is 0.193 e. The summed E-state index contributed by atoms with van der Waals surface area (Å²) >= 11 is 0. The van der Waals surface area contributed by atoms with E-state index in [2.05, 4.69) is 69.1 Å². The van der Waals surface area contributed by atoms with Gasteiger partial charge in [-0.25, -0.2) is 4.98 Å². The second-order valence-electron chi connectivity index (χ2n) is 6.87. The molecule has 1 aliphatic rings. The van der Waals surface area contributed by atoms with Crippen LogP contribution in [0.15, 0.2) is 59.7 Å². The summed E-state index contributed by atoms with van der Waals surface area (Å²) in [5.74, 6) is 1.53. The van der Waals surface area contributed by atoms with Gasteiger partial charge in [0.2, 0.25) is 0 Å². The summed E-state index contributed by atoms with van der Waals surface area (Å²) in [6, 6.07) is 16.9. The Morgan fingerprint density at radius 1 is 1.19 bits per heavy atom. The number of rotatable bonds is 3. The lowest BCUT2D eigenvalue weighted by atomic mass is 9.99. The number of nitrogens with zero attached hydrogens (tertiary/aromatic N) is 4. The predicted octanol–water partition coefficient (Wildman–Crippen LogP) is 3.83. The van der Waals surface area contributed by atoms with Crippen molar-refractivity contribution in [3.63, 3.8) is 0 Å². The standard InChI is InChI=1S/C21H25N5.HI/c1-16-7-6-10-20-24-19(15-26(16)20)13-23-21(22-2)25-12-11-18(14-25)17-8-4-3-5-9-17;/h3-10,15,18H,11-14H2,1-2H3,(H,22,23);1H. The fourth-order valence-electron chi connectivity index (χ4n) is 3.74. The topological polar surface area (TPSA) is 44.9 Å². The molecule has 0 saturated carbocycles. The molecule has 0 radical (unpaired) electrons. The number of aliphatic imine (C=N–C) groups is 1. The minimum absolute atomic E-state index is 0. The van der Waals surface area contributed by atoms with Gasteiger partial charge in [0.15, 0.2) is 5.96 Å². The zero-order valence-electron chi connectivity index (χ0n) is 15.8. The van der Waals surface area contributed by atoms with E-state index < -0.39 is 0 Å². The van der Waals surface area contributed by atoms with Crippen molar-refractivity contribution >= 4 is 35.6 Å². The van der Waals surface area contributed by atoms with Crippen molar-refractivity contribution < 1.29 is 0 Å². The molecule has 0 bridgehead atoms. The molecule has 0 spiro atoms. The highest BCUT2D eigenvalue weighted by Crippen LogP contribution is 2.26. The van der Waals surface area contributed by atoms with Gasteiger partial charge in [0.25, 0.3) is 0 Å². The molecule has 1 unspecified atom stereocenters. The number of guanidine groups is 1. The summed E-state index contributed by atoms with van der Waals surface area (Å²) in [6.07, 6.45) is 3.26. The first-order chi connectivity index (χ1) is 12.7. The van der Waals surface area contributed by atoms with E-state index in [1.807, 2.05) is 19.2 Å². The van der Waals surface area contributed by atoms with Gasteiger partial charge in [-0.2, -0.15) is 0 Å². The van der Waals surface area contributed by atoms with E-state index in [1.165, 1.54) is 11.3 Å². The van der Waals surface area contributed by atoms with Crippen LogP contribution in [0.4, 0.5) is 0 Å². The molecule has 0 aliphatic carbocycles. The normalized spacial score (nSPS) is 17.2. The maximum atomic E-state index is 4.70. The number of halogens is 1. The number of aryl methyl sites for hydroxylation is 1. The van der Waals surface area contributed by atoms with E-state index in [1.54, 1.807) is 0 Å². The average molecular weight is 475 g/mol. The zero-order valence-corrected chi connectivity index (χ0v) is 18.1. The Kier molecular flexibility index (Phi) is 6.36. The van der Waals surface area contributed by atoms with Crippen LogP contribution in [0.1, 0.15) is 29.3 Å². The number of hydrogen-bond donors (Lipinski definition) is 1. The minimum atomic E-state index is 0. The number of likely N-dealkylation sites (tertiary alicyclic amines) is 1. The molecule has 1 atom stereocenters. The summed E-state index contributed by atoms with van der Waals surface area (Å²) in [7, 11) is 1.85. The molecule has 5 nitrogen and oxygen atoms in total. The van der Waals surface area contributed by atoms with Crippen molar-refractivity contribution in [2.24, 2.45) is 4.99 Å². The van der Waals surface area contributed by atoms with Gasteiger partial charge in [0.05, 0.1) is 12.2 Å². The van der Waals surface area contributed by atoms with E-state index in [0.717, 1.165) is 36.8 Å². The molecule has 4 rings (SSSR count). The molecule has 1 saturated heterocycles. The summed E-state index contributed by atoms with van der Waals surface area (Å²) in [5, 5.41) is 3.48. The molecule has 27 heavy (non-hydrogen) atoms. The lowest BCUT2D eigenvalue weighted by molar-refractivity contribution is 0.485. The van der Waals surface area contributed by atoms with Crippen LogP contribution in [0.2, 0.25) is 0 Å². The van der Waals surface area contributed by atoms with Gasteiger partial charge in [0, 0.05) is 37.9 Å². The molecule has 3 heterocycles. The van der Waals surface area contributed by atoms with Crippen molar-refractivity contribution in [3.05, 3.63) is 71.7 Å². The van der Waals surface area contributed by atoms with Crippen LogP contribution in [0, 0.1) is 6.92 Å². The van der Waals surface area contributed by atoms with Gasteiger partial charge in [-0.15, -0.1) is 24.0 Å². The van der Waals surface area contributed by atoms with E-state index >= 15 is 0 Å². The van der Waals surface area contributed by atoms with Crippen LogP contribution in [0.5, 0.6) is 0 Å². The fourth-order valence-corrected chi connectivity index (χ4v) is 3.74. The molecule has 1 aliphatic heterocycles. The SMILES string of the molecule is CN=C(NCc1cn2c(C)cccc2n1)N1CCC(c2ccccc2)C1.I. The zero-order chi connectivity index (χ0) is 17.9. The third-order valence-electron chi connectivity index (χ3n) is 5.14. The third kappa shape index (κ3) is 4.26. The first-order valence-corrected chi connectivity index (χ1v) is 9.19. The Morgan fingerprint density at radius 2 is 2.00 bits per heavy atom.